The molecule has 0 fully saturated rings. The first kappa shape index (κ1) is 42.3. The van der Waals surface area contributed by atoms with Crippen LogP contribution in [0.15, 0.2) is 261 Å². The molecule has 0 saturated carbocycles. The number of hydrogen-bond donors (Lipinski definition) is 0. The Morgan fingerprint density at radius 1 is 0.370 bits per heavy atom. The lowest BCUT2D eigenvalue weighted by atomic mass is 9.93. The van der Waals surface area contributed by atoms with Crippen molar-refractivity contribution in [3.8, 4) is 61.7 Å². The molecular weight excluding hydrogens is 887 g/mol. The molecule has 0 N–H and O–H groups in total. The molecular formula is C68H47N5. The molecule has 0 saturated heterocycles. The van der Waals surface area contributed by atoms with E-state index in [1.807, 2.05) is 0 Å². The van der Waals surface area contributed by atoms with Crippen LogP contribution in [-0.2, 0) is 13.1 Å². The highest BCUT2D eigenvalue weighted by Gasteiger charge is 2.19. The van der Waals surface area contributed by atoms with Crippen molar-refractivity contribution in [3.05, 3.63) is 272 Å². The molecule has 5 nitrogen and oxygen atoms in total. The predicted octanol–water partition coefficient (Wildman–Crippen LogP) is 16.1. The van der Waals surface area contributed by atoms with E-state index in [0.29, 0.717) is 6.54 Å². The van der Waals surface area contributed by atoms with Gasteiger partial charge >= 0.3 is 0 Å². The summed E-state index contributed by atoms with van der Waals surface area (Å²) in [7, 11) is 0. The number of para-hydroxylation sites is 3. The molecule has 0 radical (unpaired) electrons. The van der Waals surface area contributed by atoms with Crippen molar-refractivity contribution in [3.63, 3.8) is 0 Å². The number of aromatic nitrogens is 5. The van der Waals surface area contributed by atoms with Crippen LogP contribution in [0.3, 0.4) is 0 Å². The van der Waals surface area contributed by atoms with E-state index in [1.165, 1.54) is 54.8 Å². The first-order valence-electron chi connectivity index (χ1n) is 25.0. The fourth-order valence-corrected chi connectivity index (χ4v) is 11.1. The van der Waals surface area contributed by atoms with E-state index in [1.54, 1.807) is 0 Å². The van der Waals surface area contributed by atoms with Crippen LogP contribution in [0.1, 0.15) is 11.1 Å². The Balaban J connectivity index is 0.935. The van der Waals surface area contributed by atoms with Crippen molar-refractivity contribution in [2.75, 3.05) is 0 Å². The molecule has 10 aromatic carbocycles. The molecule has 0 atom stereocenters. The zero-order valence-electron chi connectivity index (χ0n) is 40.0. The van der Waals surface area contributed by atoms with Gasteiger partial charge in [0.15, 0.2) is 6.54 Å². The third-order valence-electron chi connectivity index (χ3n) is 14.6. The quantitative estimate of drug-likeness (QED) is 0.128. The second kappa shape index (κ2) is 17.7. The first-order valence-corrected chi connectivity index (χ1v) is 25.0. The summed E-state index contributed by atoms with van der Waals surface area (Å²) < 4.78 is 6.95. The maximum Gasteiger partial charge on any atom is 0.202 e. The van der Waals surface area contributed by atoms with Gasteiger partial charge in [-0.2, -0.15) is 0 Å². The minimum Gasteiger partial charge on any atom is -0.409 e. The average molecular weight is 934 g/mol. The Bertz CT molecular complexity index is 4360. The van der Waals surface area contributed by atoms with E-state index in [9.17, 15) is 0 Å². The Kier molecular flexibility index (Phi) is 10.2. The summed E-state index contributed by atoms with van der Waals surface area (Å²) in [6, 6.07) is 94.0. The monoisotopic (exact) mass is 933 g/mol. The highest BCUT2D eigenvalue weighted by molar-refractivity contribution is 6.12. The summed E-state index contributed by atoms with van der Waals surface area (Å²) in [6.07, 6.45) is 0. The largest absolute Gasteiger partial charge is 0.409 e. The molecule has 0 aliphatic heterocycles. The fourth-order valence-electron chi connectivity index (χ4n) is 11.1. The average Bonchev–Trinajstić information content (AvgIpc) is 4.13. The van der Waals surface area contributed by atoms with Crippen molar-refractivity contribution < 1.29 is 4.68 Å². The van der Waals surface area contributed by atoms with Crippen molar-refractivity contribution in [2.24, 2.45) is 0 Å². The maximum absolute atomic E-state index is 5.50. The van der Waals surface area contributed by atoms with Gasteiger partial charge in [0.1, 0.15) is 0 Å². The zero-order chi connectivity index (χ0) is 48.2. The van der Waals surface area contributed by atoms with E-state index in [4.69, 9.17) is 10.1 Å². The SMILES string of the molecule is c1ccc(Cn2c3ccccc3c3cc(-c4ccc5nc(-c6ccc7c(c6)c6ccccc6n7-c6ccccc6)cc(-c6cccc(-c7cc(-c8ccccc8)[n+](Cc8ccccc8)[n-]7)c6)c5c4)ccc32)cc1. The Morgan fingerprint density at radius 2 is 0.918 bits per heavy atom. The highest BCUT2D eigenvalue weighted by Crippen LogP contribution is 2.40. The normalized spacial score (nSPS) is 11.7. The topological polar surface area (TPSA) is 40.7 Å². The molecule has 4 heterocycles. The Hall–Kier alpha value is -9.58. The number of benzene rings is 10. The van der Waals surface area contributed by atoms with Crippen molar-refractivity contribution >= 4 is 54.5 Å². The lowest BCUT2D eigenvalue weighted by Crippen LogP contribution is -2.40. The third-order valence-corrected chi connectivity index (χ3v) is 14.6. The van der Waals surface area contributed by atoms with Crippen LogP contribution >= 0.6 is 0 Å². The highest BCUT2D eigenvalue weighted by atomic mass is 15.3. The minimum atomic E-state index is 0.666. The molecule has 14 rings (SSSR count). The summed E-state index contributed by atoms with van der Waals surface area (Å²) in [5.74, 6) is 0. The van der Waals surface area contributed by atoms with Crippen LogP contribution in [0.2, 0.25) is 0 Å². The smallest absolute Gasteiger partial charge is 0.202 e. The van der Waals surface area contributed by atoms with Crippen LogP contribution in [0.4, 0.5) is 0 Å². The summed E-state index contributed by atoms with van der Waals surface area (Å²) in [6.45, 7) is 1.47. The van der Waals surface area contributed by atoms with Gasteiger partial charge in [-0.05, 0) is 124 Å². The number of rotatable bonds is 10. The Labute approximate surface area is 423 Å². The number of hydrogen-bond acceptors (Lipinski definition) is 1. The number of pyridine rings is 1. The third kappa shape index (κ3) is 7.58. The van der Waals surface area contributed by atoms with Gasteiger partial charge in [0, 0.05) is 66.9 Å². The van der Waals surface area contributed by atoms with Gasteiger partial charge in [-0.3, -0.25) is 4.68 Å². The molecule has 14 aromatic rings. The van der Waals surface area contributed by atoms with E-state index in [2.05, 4.69) is 275 Å². The van der Waals surface area contributed by atoms with Crippen molar-refractivity contribution in [1.29, 1.82) is 0 Å². The lowest BCUT2D eigenvalue weighted by molar-refractivity contribution is -0.736. The standard InChI is InChI=1S/C68H47N5/c1-5-18-46(19-6-1)44-71-64-30-15-13-28-55(64)59-40-50(33-36-65(59)71)49-32-35-61-58(39-49)57(42-62(69-61)53-34-37-67-60(41-53)56-29-14-16-31-66(56)73(67)54-26-11-4-12-27-54)51-24-17-25-52(38-51)63-43-68(48-22-9-3-10-23-48)72(70-63)45-47-20-7-2-8-21-47/h1-43H,44-45H2. The maximum atomic E-state index is 5.50. The molecule has 4 aromatic heterocycles. The van der Waals surface area contributed by atoms with E-state index in [-0.39, 0.29) is 0 Å². The van der Waals surface area contributed by atoms with E-state index in [0.717, 1.165) is 79.1 Å². The van der Waals surface area contributed by atoms with Gasteiger partial charge < -0.3 is 14.2 Å². The lowest BCUT2D eigenvalue weighted by Gasteiger charge is -2.14. The van der Waals surface area contributed by atoms with Crippen LogP contribution in [0, 0.1) is 0 Å². The number of nitrogens with zero attached hydrogens (tertiary/aromatic N) is 5. The molecule has 5 heteroatoms. The molecule has 0 aliphatic carbocycles. The molecule has 73 heavy (non-hydrogen) atoms. The summed E-state index contributed by atoms with van der Waals surface area (Å²) in [5, 5.41) is 11.3. The van der Waals surface area contributed by atoms with Gasteiger partial charge in [0.2, 0.25) is 5.69 Å². The van der Waals surface area contributed by atoms with Crippen molar-refractivity contribution in [2.45, 2.75) is 13.1 Å². The molecule has 0 amide bonds. The van der Waals surface area contributed by atoms with E-state index < -0.39 is 0 Å². The second-order valence-corrected chi connectivity index (χ2v) is 19.0. The predicted molar refractivity (Wildman–Crippen MR) is 301 cm³/mol. The molecule has 344 valence electrons. The van der Waals surface area contributed by atoms with Gasteiger partial charge in [-0.15, -0.1) is 0 Å². The zero-order valence-corrected chi connectivity index (χ0v) is 40.0. The van der Waals surface area contributed by atoms with Gasteiger partial charge in [-0.25, -0.2) is 4.98 Å². The molecule has 0 spiro atoms. The van der Waals surface area contributed by atoms with Crippen LogP contribution in [-0.4, -0.2) is 14.1 Å². The fraction of sp³-hybridized carbons (Fsp3) is 0.0294. The van der Waals surface area contributed by atoms with Gasteiger partial charge in [-0.1, -0.05) is 176 Å². The summed E-state index contributed by atoms with van der Waals surface area (Å²) in [5.41, 5.74) is 20.1. The summed E-state index contributed by atoms with van der Waals surface area (Å²) in [4.78, 5) is 5.50. The van der Waals surface area contributed by atoms with Crippen LogP contribution < -0.4 is 9.78 Å². The minimum absolute atomic E-state index is 0.666. The molecule has 0 unspecified atom stereocenters. The number of fused-ring (bicyclic) bond motifs is 7. The van der Waals surface area contributed by atoms with Crippen molar-refractivity contribution in [1.82, 2.24) is 19.2 Å². The Morgan fingerprint density at radius 3 is 1.70 bits per heavy atom. The summed E-state index contributed by atoms with van der Waals surface area (Å²) >= 11 is 0. The van der Waals surface area contributed by atoms with Crippen LogP contribution in [0.5, 0.6) is 0 Å². The van der Waals surface area contributed by atoms with Gasteiger partial charge in [0.05, 0.1) is 22.2 Å². The second-order valence-electron chi connectivity index (χ2n) is 19.0. The molecule has 0 bridgehead atoms. The first-order chi connectivity index (χ1) is 36.2. The van der Waals surface area contributed by atoms with E-state index >= 15 is 0 Å². The van der Waals surface area contributed by atoms with Gasteiger partial charge in [0.25, 0.3) is 0 Å². The molecule has 0 aliphatic rings. The van der Waals surface area contributed by atoms with Crippen LogP contribution in [0.25, 0.3) is 116 Å².